The normalized spacial score (nSPS) is 10.3. The van der Waals surface area contributed by atoms with E-state index < -0.39 is 16.6 Å². The fourth-order valence-corrected chi connectivity index (χ4v) is 2.32. The van der Waals surface area contributed by atoms with Crippen molar-refractivity contribution >= 4 is 23.0 Å². The number of carbonyl (C=O) groups excluding carboxylic acids is 1. The molecule has 9 heteroatoms. The minimum atomic E-state index is -0.613. The molecule has 0 aliphatic rings. The highest BCUT2D eigenvalue weighted by atomic mass is 19.1. The maximum atomic E-state index is 13.9. The van der Waals surface area contributed by atoms with Gasteiger partial charge in [-0.2, -0.15) is 0 Å². The number of carbonyl (C=O) groups is 1. The van der Waals surface area contributed by atoms with Gasteiger partial charge in [-0.1, -0.05) is 0 Å². The Morgan fingerprint density at radius 2 is 2.04 bits per heavy atom. The van der Waals surface area contributed by atoms with Crippen LogP contribution in [0.4, 0.5) is 21.5 Å². The van der Waals surface area contributed by atoms with Crippen LogP contribution in [0.25, 0.3) is 0 Å². The van der Waals surface area contributed by atoms with Gasteiger partial charge in [0.05, 0.1) is 18.1 Å². The predicted octanol–water partition coefficient (Wildman–Crippen LogP) is 3.44. The average Bonchev–Trinajstić information content (AvgIpc) is 2.64. The van der Waals surface area contributed by atoms with Gasteiger partial charge in [-0.3, -0.25) is 14.9 Å². The highest BCUT2D eigenvalue weighted by Crippen LogP contribution is 2.26. The minimum absolute atomic E-state index is 0.0771. The van der Waals surface area contributed by atoms with Gasteiger partial charge in [0.15, 0.2) is 11.6 Å². The summed E-state index contributed by atoms with van der Waals surface area (Å²) in [7, 11) is 1.52. The van der Waals surface area contributed by atoms with Crippen LogP contribution in [0, 0.1) is 15.9 Å². The van der Waals surface area contributed by atoms with E-state index in [1.807, 2.05) is 0 Å². The average molecular weight is 377 g/mol. The lowest BCUT2D eigenvalue weighted by Gasteiger charge is -2.10. The second kappa shape index (κ2) is 9.48. The molecule has 8 nitrogen and oxygen atoms in total. The van der Waals surface area contributed by atoms with Crippen molar-refractivity contribution in [1.29, 1.82) is 0 Å². The van der Waals surface area contributed by atoms with E-state index in [1.54, 1.807) is 6.92 Å². The molecule has 0 atom stereocenters. The summed E-state index contributed by atoms with van der Waals surface area (Å²) in [5, 5.41) is 16.7. The third-order valence-corrected chi connectivity index (χ3v) is 3.57. The Morgan fingerprint density at radius 3 is 2.67 bits per heavy atom. The largest absolute Gasteiger partial charge is 0.491 e. The molecule has 2 aromatic carbocycles. The molecule has 0 aliphatic heterocycles. The molecule has 1 amide bonds. The molecule has 0 unspecified atom stereocenters. The van der Waals surface area contributed by atoms with E-state index in [2.05, 4.69) is 10.6 Å². The summed E-state index contributed by atoms with van der Waals surface area (Å²) in [6.45, 7) is 2.81. The van der Waals surface area contributed by atoms with Gasteiger partial charge >= 0.3 is 0 Å². The third-order valence-electron chi connectivity index (χ3n) is 3.57. The van der Waals surface area contributed by atoms with Crippen LogP contribution in [-0.2, 0) is 4.74 Å². The van der Waals surface area contributed by atoms with Crippen molar-refractivity contribution in [3.05, 3.63) is 57.9 Å². The topological polar surface area (TPSA) is 103 Å². The second-order valence-corrected chi connectivity index (χ2v) is 5.44. The fraction of sp³-hybridized carbons (Fsp3) is 0.278. The van der Waals surface area contributed by atoms with Gasteiger partial charge in [0.25, 0.3) is 11.6 Å². The van der Waals surface area contributed by atoms with Crippen LogP contribution < -0.4 is 15.4 Å². The molecule has 2 aromatic rings. The summed E-state index contributed by atoms with van der Waals surface area (Å²) in [5.74, 6) is -1.12. The third kappa shape index (κ3) is 5.38. The van der Waals surface area contributed by atoms with Gasteiger partial charge in [0, 0.05) is 37.0 Å². The number of nitro groups is 1. The molecule has 0 saturated heterocycles. The van der Waals surface area contributed by atoms with Crippen LogP contribution >= 0.6 is 0 Å². The number of nitro benzene ring substituents is 1. The number of hydrogen-bond donors (Lipinski definition) is 2. The Labute approximate surface area is 155 Å². The van der Waals surface area contributed by atoms with Gasteiger partial charge in [0.1, 0.15) is 5.69 Å². The second-order valence-electron chi connectivity index (χ2n) is 5.44. The van der Waals surface area contributed by atoms with E-state index in [1.165, 1.54) is 31.4 Å². The zero-order chi connectivity index (χ0) is 19.8. The number of benzene rings is 2. The number of nitrogens with zero attached hydrogens (tertiary/aromatic N) is 1. The zero-order valence-electron chi connectivity index (χ0n) is 15.0. The van der Waals surface area contributed by atoms with E-state index >= 15 is 0 Å². The SMILES string of the molecule is CCOc1ccc(NC(=O)c2ccc(NCCOC)c([N+](=O)[O-])c2)cc1F. The molecule has 0 spiro atoms. The molecule has 0 bridgehead atoms. The van der Waals surface area contributed by atoms with E-state index in [9.17, 15) is 19.3 Å². The number of hydrogen-bond acceptors (Lipinski definition) is 6. The summed E-state index contributed by atoms with van der Waals surface area (Å²) in [6.07, 6.45) is 0. The first-order valence-corrected chi connectivity index (χ1v) is 8.21. The molecule has 0 heterocycles. The lowest BCUT2D eigenvalue weighted by Crippen LogP contribution is -2.14. The minimum Gasteiger partial charge on any atom is -0.491 e. The highest BCUT2D eigenvalue weighted by Gasteiger charge is 2.18. The van der Waals surface area contributed by atoms with Crippen LogP contribution in [0.2, 0.25) is 0 Å². The summed E-state index contributed by atoms with van der Waals surface area (Å²) < 4.78 is 23.9. The summed E-state index contributed by atoms with van der Waals surface area (Å²) in [5.41, 5.74) is 0.330. The molecule has 0 aliphatic carbocycles. The Bertz CT molecular complexity index is 829. The first kappa shape index (κ1) is 20.1. The Morgan fingerprint density at radius 1 is 1.26 bits per heavy atom. The number of halogens is 1. The van der Waals surface area contributed by atoms with Crippen LogP contribution in [0.3, 0.4) is 0 Å². The van der Waals surface area contributed by atoms with Crippen molar-refractivity contribution in [2.75, 3.05) is 37.5 Å². The Hall–Kier alpha value is -3.20. The first-order chi connectivity index (χ1) is 13.0. The van der Waals surface area contributed by atoms with Crippen LogP contribution in [0.15, 0.2) is 36.4 Å². The summed E-state index contributed by atoms with van der Waals surface area (Å²) in [4.78, 5) is 23.0. The summed E-state index contributed by atoms with van der Waals surface area (Å²) in [6, 6.07) is 8.07. The lowest BCUT2D eigenvalue weighted by atomic mass is 10.1. The first-order valence-electron chi connectivity index (χ1n) is 8.21. The van der Waals surface area contributed by atoms with Gasteiger partial charge in [-0.25, -0.2) is 4.39 Å². The molecule has 2 N–H and O–H groups in total. The molecule has 27 heavy (non-hydrogen) atoms. The maximum Gasteiger partial charge on any atom is 0.293 e. The molecule has 0 aromatic heterocycles. The molecular weight excluding hydrogens is 357 g/mol. The van der Waals surface area contributed by atoms with Gasteiger partial charge in [-0.15, -0.1) is 0 Å². The lowest BCUT2D eigenvalue weighted by molar-refractivity contribution is -0.384. The highest BCUT2D eigenvalue weighted by molar-refractivity contribution is 6.05. The van der Waals surface area contributed by atoms with E-state index in [-0.39, 0.29) is 28.4 Å². The van der Waals surface area contributed by atoms with Gasteiger partial charge in [0.2, 0.25) is 0 Å². The van der Waals surface area contributed by atoms with Crippen LogP contribution in [0.1, 0.15) is 17.3 Å². The summed E-state index contributed by atoms with van der Waals surface area (Å²) >= 11 is 0. The number of amides is 1. The van der Waals surface area contributed by atoms with Crippen molar-refractivity contribution in [3.63, 3.8) is 0 Å². The number of nitrogens with one attached hydrogen (secondary N) is 2. The zero-order valence-corrected chi connectivity index (χ0v) is 15.0. The van der Waals surface area contributed by atoms with Crippen molar-refractivity contribution in [2.24, 2.45) is 0 Å². The van der Waals surface area contributed by atoms with Gasteiger partial charge < -0.3 is 20.1 Å². The van der Waals surface area contributed by atoms with Crippen LogP contribution in [0.5, 0.6) is 5.75 Å². The number of rotatable bonds is 9. The number of ether oxygens (including phenoxy) is 2. The standard InChI is InChI=1S/C18H20FN3O5/c1-3-27-17-7-5-13(11-14(17)19)21-18(23)12-4-6-15(20-8-9-26-2)16(10-12)22(24)25/h4-7,10-11,20H,3,8-9H2,1-2H3,(H,21,23). The fourth-order valence-electron chi connectivity index (χ4n) is 2.32. The molecule has 2 rings (SSSR count). The van der Waals surface area contributed by atoms with Crippen LogP contribution in [-0.4, -0.2) is 37.7 Å². The quantitative estimate of drug-likeness (QED) is 0.394. The van der Waals surface area contributed by atoms with Crippen molar-refractivity contribution in [2.45, 2.75) is 6.92 Å². The Kier molecular flexibility index (Phi) is 7.07. The molecule has 0 fully saturated rings. The predicted molar refractivity (Wildman–Crippen MR) is 99.0 cm³/mol. The molecule has 0 radical (unpaired) electrons. The Balaban J connectivity index is 2.17. The molecule has 0 saturated carbocycles. The molecular formula is C18H20FN3O5. The number of anilines is 2. The molecule has 144 valence electrons. The van der Waals surface area contributed by atoms with E-state index in [0.717, 1.165) is 12.1 Å². The monoisotopic (exact) mass is 377 g/mol. The van der Waals surface area contributed by atoms with Gasteiger partial charge in [-0.05, 0) is 31.2 Å². The smallest absolute Gasteiger partial charge is 0.293 e. The number of methoxy groups -OCH3 is 1. The maximum absolute atomic E-state index is 13.9. The van der Waals surface area contributed by atoms with Crippen molar-refractivity contribution in [3.8, 4) is 5.75 Å². The van der Waals surface area contributed by atoms with Crippen molar-refractivity contribution < 1.29 is 23.6 Å². The van der Waals surface area contributed by atoms with E-state index in [4.69, 9.17) is 9.47 Å². The van der Waals surface area contributed by atoms with Crippen molar-refractivity contribution in [1.82, 2.24) is 0 Å². The van der Waals surface area contributed by atoms with E-state index in [0.29, 0.717) is 19.8 Å².